The van der Waals surface area contributed by atoms with Crippen LogP contribution in [0.5, 0.6) is 11.5 Å². The van der Waals surface area contributed by atoms with E-state index in [4.69, 9.17) is 14.6 Å². The molecule has 0 unspecified atom stereocenters. The van der Waals surface area contributed by atoms with Gasteiger partial charge in [0.25, 0.3) is 0 Å². The van der Waals surface area contributed by atoms with Crippen LogP contribution in [0.15, 0.2) is 47.8 Å². The van der Waals surface area contributed by atoms with Gasteiger partial charge >= 0.3 is 0 Å². The van der Waals surface area contributed by atoms with Crippen molar-refractivity contribution in [3.63, 3.8) is 0 Å². The quantitative estimate of drug-likeness (QED) is 0.819. The fraction of sp³-hybridized carbons (Fsp3) is 0.455. The average Bonchev–Trinajstić information content (AvgIpc) is 3.22. The second kappa shape index (κ2) is 6.78. The Morgan fingerprint density at radius 3 is 2.79 bits per heavy atom. The second-order valence-corrected chi connectivity index (χ2v) is 7.71. The Hall–Kier alpha value is -2.60. The molecule has 0 aliphatic carbocycles. The van der Waals surface area contributed by atoms with E-state index in [9.17, 15) is 0 Å². The number of ether oxygens (including phenoxy) is 2. The lowest BCUT2D eigenvalue weighted by molar-refractivity contribution is -0.150. The Bertz CT molecular complexity index is 891. The number of para-hydroxylation sites is 1. The average molecular weight is 378 g/mol. The number of methoxy groups -OCH3 is 1. The Morgan fingerprint density at radius 2 is 2.07 bits per heavy atom. The molecular formula is C22H26N4O2. The third-order valence-corrected chi connectivity index (χ3v) is 6.29. The monoisotopic (exact) mass is 378 g/mol. The summed E-state index contributed by atoms with van der Waals surface area (Å²) in [5.41, 5.74) is 2.91. The maximum Gasteiger partial charge on any atom is 0.200 e. The molecule has 1 fully saturated rings. The summed E-state index contributed by atoms with van der Waals surface area (Å²) in [6, 6.07) is 10.4. The van der Waals surface area contributed by atoms with Crippen LogP contribution in [0.4, 0.5) is 0 Å². The largest absolute Gasteiger partial charge is 0.493 e. The van der Waals surface area contributed by atoms with Crippen LogP contribution in [-0.4, -0.2) is 53.1 Å². The SMILES string of the molecule is CCN1CCC2(CC1)Oc1c(OC)cccc1[C@H]1CC(c3cccnc3)=NN12. The number of fused-ring (bicyclic) bond motifs is 4. The van der Waals surface area contributed by atoms with E-state index in [0.717, 1.165) is 67.2 Å². The molecule has 0 N–H and O–H groups in total. The zero-order valence-electron chi connectivity index (χ0n) is 16.5. The lowest BCUT2D eigenvalue weighted by atomic mass is 9.90. The molecule has 3 aliphatic heterocycles. The van der Waals surface area contributed by atoms with Gasteiger partial charge < -0.3 is 14.4 Å². The molecule has 6 nitrogen and oxygen atoms in total. The van der Waals surface area contributed by atoms with Crippen molar-refractivity contribution in [2.45, 2.75) is 38.0 Å². The van der Waals surface area contributed by atoms with Crippen molar-refractivity contribution in [2.24, 2.45) is 5.10 Å². The number of nitrogens with zero attached hydrogens (tertiary/aromatic N) is 4. The first-order valence-electron chi connectivity index (χ1n) is 10.1. The lowest BCUT2D eigenvalue weighted by Gasteiger charge is -2.51. The highest BCUT2D eigenvalue weighted by Crippen LogP contribution is 2.52. The van der Waals surface area contributed by atoms with Crippen LogP contribution in [0.25, 0.3) is 0 Å². The Balaban J connectivity index is 1.58. The third kappa shape index (κ3) is 2.66. The highest BCUT2D eigenvalue weighted by Gasteiger charge is 2.52. The standard InChI is InChI=1S/C22H26N4O2/c1-3-25-12-9-22(10-13-25)26-19(14-18(24-26)16-6-5-11-23-15-16)17-7-4-8-20(27-2)21(17)28-22/h4-8,11,15,19H,3,9-10,12-14H2,1-2H3/t19-/m1/s1. The molecule has 4 heterocycles. The van der Waals surface area contributed by atoms with Crippen molar-refractivity contribution in [1.29, 1.82) is 0 Å². The zero-order valence-corrected chi connectivity index (χ0v) is 16.5. The molecule has 0 bridgehead atoms. The summed E-state index contributed by atoms with van der Waals surface area (Å²) in [4.78, 5) is 6.76. The Morgan fingerprint density at radius 1 is 1.21 bits per heavy atom. The summed E-state index contributed by atoms with van der Waals surface area (Å²) in [7, 11) is 1.71. The maximum atomic E-state index is 6.72. The van der Waals surface area contributed by atoms with E-state index in [1.54, 1.807) is 13.3 Å². The molecule has 1 aromatic heterocycles. The second-order valence-electron chi connectivity index (χ2n) is 7.71. The molecule has 6 heteroatoms. The van der Waals surface area contributed by atoms with E-state index >= 15 is 0 Å². The molecule has 0 radical (unpaired) electrons. The molecule has 3 aliphatic rings. The minimum atomic E-state index is -0.415. The molecule has 1 atom stereocenters. The van der Waals surface area contributed by atoms with Crippen LogP contribution >= 0.6 is 0 Å². The van der Waals surface area contributed by atoms with E-state index in [2.05, 4.69) is 33.9 Å². The van der Waals surface area contributed by atoms with Crippen LogP contribution in [0.3, 0.4) is 0 Å². The minimum absolute atomic E-state index is 0.169. The minimum Gasteiger partial charge on any atom is -0.493 e. The zero-order chi connectivity index (χ0) is 19.1. The van der Waals surface area contributed by atoms with Crippen molar-refractivity contribution in [3.8, 4) is 11.5 Å². The smallest absolute Gasteiger partial charge is 0.200 e. The number of benzene rings is 1. The number of piperidine rings is 1. The molecule has 0 amide bonds. The van der Waals surface area contributed by atoms with Gasteiger partial charge in [0.05, 0.1) is 18.9 Å². The summed E-state index contributed by atoms with van der Waals surface area (Å²) in [5, 5.41) is 7.33. The topological polar surface area (TPSA) is 50.2 Å². The normalized spacial score (nSPS) is 23.0. The first kappa shape index (κ1) is 17.5. The lowest BCUT2D eigenvalue weighted by Crippen LogP contribution is -2.59. The predicted octanol–water partition coefficient (Wildman–Crippen LogP) is 3.45. The highest BCUT2D eigenvalue weighted by molar-refractivity contribution is 6.01. The van der Waals surface area contributed by atoms with Crippen LogP contribution in [-0.2, 0) is 0 Å². The molecule has 5 rings (SSSR count). The molecule has 146 valence electrons. The number of hydrogen-bond acceptors (Lipinski definition) is 6. The van der Waals surface area contributed by atoms with Crippen molar-refractivity contribution < 1.29 is 9.47 Å². The summed E-state index contributed by atoms with van der Waals surface area (Å²) in [6.45, 7) is 5.32. The summed E-state index contributed by atoms with van der Waals surface area (Å²) < 4.78 is 12.4. The summed E-state index contributed by atoms with van der Waals surface area (Å²) in [6.07, 6.45) is 6.42. The van der Waals surface area contributed by atoms with Gasteiger partial charge in [-0.2, -0.15) is 5.10 Å². The predicted molar refractivity (Wildman–Crippen MR) is 108 cm³/mol. The van der Waals surface area contributed by atoms with E-state index in [1.165, 1.54) is 0 Å². The van der Waals surface area contributed by atoms with E-state index in [1.807, 2.05) is 24.4 Å². The molecule has 28 heavy (non-hydrogen) atoms. The van der Waals surface area contributed by atoms with E-state index in [-0.39, 0.29) is 6.04 Å². The molecule has 2 aromatic rings. The molecule has 1 saturated heterocycles. The third-order valence-electron chi connectivity index (χ3n) is 6.29. The van der Waals surface area contributed by atoms with Gasteiger partial charge in [0.1, 0.15) is 0 Å². The van der Waals surface area contributed by atoms with Crippen molar-refractivity contribution in [3.05, 3.63) is 53.9 Å². The van der Waals surface area contributed by atoms with Crippen molar-refractivity contribution >= 4 is 5.71 Å². The van der Waals surface area contributed by atoms with Gasteiger partial charge in [-0.05, 0) is 18.7 Å². The summed E-state index contributed by atoms with van der Waals surface area (Å²) in [5.74, 6) is 1.70. The number of rotatable bonds is 3. The van der Waals surface area contributed by atoms with Gasteiger partial charge in [-0.15, -0.1) is 0 Å². The number of hydrogen-bond donors (Lipinski definition) is 0. The Labute approximate surface area is 165 Å². The number of aromatic nitrogens is 1. The van der Waals surface area contributed by atoms with E-state index in [0.29, 0.717) is 0 Å². The highest BCUT2D eigenvalue weighted by atomic mass is 16.5. The van der Waals surface area contributed by atoms with Crippen LogP contribution < -0.4 is 9.47 Å². The fourth-order valence-corrected chi connectivity index (χ4v) is 4.69. The molecular weight excluding hydrogens is 352 g/mol. The first-order valence-corrected chi connectivity index (χ1v) is 10.1. The van der Waals surface area contributed by atoms with Gasteiger partial charge in [0.2, 0.25) is 5.72 Å². The van der Waals surface area contributed by atoms with Gasteiger partial charge in [-0.1, -0.05) is 25.1 Å². The number of pyridine rings is 1. The molecule has 0 saturated carbocycles. The van der Waals surface area contributed by atoms with Crippen molar-refractivity contribution in [2.75, 3.05) is 26.7 Å². The van der Waals surface area contributed by atoms with Crippen LogP contribution in [0.1, 0.15) is 43.4 Å². The van der Waals surface area contributed by atoms with Gasteiger partial charge in [-0.25, -0.2) is 5.01 Å². The van der Waals surface area contributed by atoms with E-state index < -0.39 is 5.72 Å². The molecule has 1 aromatic carbocycles. The number of likely N-dealkylation sites (tertiary alicyclic amines) is 1. The fourth-order valence-electron chi connectivity index (χ4n) is 4.69. The van der Waals surface area contributed by atoms with Crippen molar-refractivity contribution in [1.82, 2.24) is 14.9 Å². The first-order chi connectivity index (χ1) is 13.7. The maximum absolute atomic E-state index is 6.72. The van der Waals surface area contributed by atoms with Gasteiger partial charge in [0.15, 0.2) is 11.5 Å². The van der Waals surface area contributed by atoms with Gasteiger partial charge in [0, 0.05) is 55.9 Å². The molecule has 1 spiro atoms. The van der Waals surface area contributed by atoms with Gasteiger partial charge in [-0.3, -0.25) is 4.98 Å². The van der Waals surface area contributed by atoms with Crippen LogP contribution in [0, 0.1) is 0 Å². The summed E-state index contributed by atoms with van der Waals surface area (Å²) >= 11 is 0. The Kier molecular flexibility index (Phi) is 4.23. The number of hydrazone groups is 1. The van der Waals surface area contributed by atoms with Crippen LogP contribution in [0.2, 0.25) is 0 Å².